The maximum atomic E-state index is 5.84. The Morgan fingerprint density at radius 1 is 0.852 bits per heavy atom. The van der Waals surface area contributed by atoms with Crippen LogP contribution in [0.4, 0.5) is 0 Å². The molecule has 3 rings (SSSR count). The van der Waals surface area contributed by atoms with E-state index in [9.17, 15) is 0 Å². The second-order valence-corrected chi connectivity index (χ2v) is 6.04. The number of pyridine rings is 1. The molecule has 27 heavy (non-hydrogen) atoms. The molecule has 1 heterocycles. The summed E-state index contributed by atoms with van der Waals surface area (Å²) in [6, 6.07) is 19.7. The Balaban J connectivity index is 1.56. The number of nitrogens with one attached hydrogen (secondary N) is 1. The Kier molecular flexibility index (Phi) is 6.66. The summed E-state index contributed by atoms with van der Waals surface area (Å²) in [7, 11) is 3.34. The number of methoxy groups -OCH3 is 2. The maximum absolute atomic E-state index is 5.84. The molecule has 2 aromatic carbocycles. The van der Waals surface area contributed by atoms with Crippen LogP contribution >= 0.6 is 0 Å². The average molecular weight is 364 g/mol. The Hall–Kier alpha value is -3.05. The van der Waals surface area contributed by atoms with Gasteiger partial charge in [-0.25, -0.2) is 0 Å². The molecule has 0 aliphatic heterocycles. The monoisotopic (exact) mass is 364 g/mol. The van der Waals surface area contributed by atoms with Crippen molar-refractivity contribution in [2.45, 2.75) is 19.7 Å². The summed E-state index contributed by atoms with van der Waals surface area (Å²) in [6.45, 7) is 1.86. The van der Waals surface area contributed by atoms with E-state index in [2.05, 4.69) is 16.4 Å². The second kappa shape index (κ2) is 9.59. The number of hydrogen-bond donors (Lipinski definition) is 1. The molecule has 0 fully saturated rings. The highest BCUT2D eigenvalue weighted by Crippen LogP contribution is 2.24. The molecule has 0 saturated heterocycles. The molecule has 0 amide bonds. The first kappa shape index (κ1) is 18.7. The van der Waals surface area contributed by atoms with Gasteiger partial charge in [0.2, 0.25) is 0 Å². The van der Waals surface area contributed by atoms with Crippen LogP contribution < -0.4 is 19.5 Å². The SMILES string of the molecule is COc1ccc(OC)c(CNCc2cccc(OCc3ccccn3)c2)c1. The molecule has 5 heteroatoms. The molecule has 0 saturated carbocycles. The first-order valence-electron chi connectivity index (χ1n) is 8.82. The van der Waals surface area contributed by atoms with Crippen molar-refractivity contribution in [2.75, 3.05) is 14.2 Å². The zero-order valence-corrected chi connectivity index (χ0v) is 15.6. The van der Waals surface area contributed by atoms with Crippen LogP contribution in [0.5, 0.6) is 17.2 Å². The Bertz CT molecular complexity index is 853. The number of nitrogens with zero attached hydrogens (tertiary/aromatic N) is 1. The minimum atomic E-state index is 0.457. The number of aromatic nitrogens is 1. The van der Waals surface area contributed by atoms with Gasteiger partial charge < -0.3 is 19.5 Å². The molecular weight excluding hydrogens is 340 g/mol. The summed E-state index contributed by atoms with van der Waals surface area (Å²) >= 11 is 0. The van der Waals surface area contributed by atoms with Crippen LogP contribution in [0.15, 0.2) is 66.9 Å². The molecule has 0 aliphatic rings. The Labute approximate surface area is 159 Å². The molecule has 0 unspecified atom stereocenters. The highest BCUT2D eigenvalue weighted by atomic mass is 16.5. The van der Waals surface area contributed by atoms with Gasteiger partial charge in [0.15, 0.2) is 0 Å². The molecule has 0 bridgehead atoms. The van der Waals surface area contributed by atoms with E-state index in [4.69, 9.17) is 14.2 Å². The van der Waals surface area contributed by atoms with Crippen LogP contribution in [-0.4, -0.2) is 19.2 Å². The third kappa shape index (κ3) is 5.46. The second-order valence-electron chi connectivity index (χ2n) is 6.04. The summed E-state index contributed by atoms with van der Waals surface area (Å²) in [6.07, 6.45) is 1.77. The average Bonchev–Trinajstić information content (AvgIpc) is 2.73. The highest BCUT2D eigenvalue weighted by molar-refractivity contribution is 5.40. The lowest BCUT2D eigenvalue weighted by atomic mass is 10.1. The molecule has 1 N–H and O–H groups in total. The van der Waals surface area contributed by atoms with Gasteiger partial charge in [0.1, 0.15) is 23.9 Å². The summed E-state index contributed by atoms with van der Waals surface area (Å²) in [5.74, 6) is 2.49. The van der Waals surface area contributed by atoms with Crippen molar-refractivity contribution in [3.63, 3.8) is 0 Å². The van der Waals surface area contributed by atoms with Crippen LogP contribution in [0.25, 0.3) is 0 Å². The smallest absolute Gasteiger partial charge is 0.130 e. The third-order valence-electron chi connectivity index (χ3n) is 4.14. The van der Waals surface area contributed by atoms with Gasteiger partial charge in [0, 0.05) is 24.8 Å². The molecular formula is C22H24N2O3. The fourth-order valence-corrected chi connectivity index (χ4v) is 2.75. The first-order chi connectivity index (χ1) is 13.3. The third-order valence-corrected chi connectivity index (χ3v) is 4.14. The van der Waals surface area contributed by atoms with Gasteiger partial charge in [0.25, 0.3) is 0 Å². The van der Waals surface area contributed by atoms with Gasteiger partial charge in [0.05, 0.1) is 19.9 Å². The van der Waals surface area contributed by atoms with Crippen molar-refractivity contribution in [3.8, 4) is 17.2 Å². The van der Waals surface area contributed by atoms with Crippen LogP contribution in [0, 0.1) is 0 Å². The van der Waals surface area contributed by atoms with E-state index >= 15 is 0 Å². The van der Waals surface area contributed by atoms with Crippen molar-refractivity contribution in [3.05, 3.63) is 83.7 Å². The van der Waals surface area contributed by atoms with E-state index in [1.807, 2.05) is 54.6 Å². The quantitative estimate of drug-likeness (QED) is 0.623. The molecule has 0 spiro atoms. The van der Waals surface area contributed by atoms with Gasteiger partial charge in [-0.1, -0.05) is 18.2 Å². The van der Waals surface area contributed by atoms with Crippen LogP contribution in [0.3, 0.4) is 0 Å². The zero-order chi connectivity index (χ0) is 18.9. The minimum Gasteiger partial charge on any atom is -0.497 e. The predicted molar refractivity (Wildman–Crippen MR) is 105 cm³/mol. The number of benzene rings is 2. The van der Waals surface area contributed by atoms with Gasteiger partial charge in [-0.05, 0) is 48.0 Å². The van der Waals surface area contributed by atoms with E-state index in [0.29, 0.717) is 13.2 Å². The zero-order valence-electron chi connectivity index (χ0n) is 15.6. The minimum absolute atomic E-state index is 0.457. The van der Waals surface area contributed by atoms with Crippen molar-refractivity contribution in [1.29, 1.82) is 0 Å². The standard InChI is InChI=1S/C22H24N2O3/c1-25-20-9-10-22(26-2)18(13-20)15-23-14-17-6-5-8-21(12-17)27-16-19-7-3-4-11-24-19/h3-13,23H,14-16H2,1-2H3. The Morgan fingerprint density at radius 2 is 1.78 bits per heavy atom. The maximum Gasteiger partial charge on any atom is 0.130 e. The van der Waals surface area contributed by atoms with Crippen LogP contribution in [-0.2, 0) is 19.7 Å². The lowest BCUT2D eigenvalue weighted by Crippen LogP contribution is -2.13. The summed E-state index contributed by atoms with van der Waals surface area (Å²) in [5.41, 5.74) is 3.11. The lowest BCUT2D eigenvalue weighted by Gasteiger charge is -2.12. The molecule has 3 aromatic rings. The molecule has 1 aromatic heterocycles. The van der Waals surface area contributed by atoms with E-state index in [1.165, 1.54) is 0 Å². The molecule has 0 radical (unpaired) electrons. The topological polar surface area (TPSA) is 52.6 Å². The van der Waals surface area contributed by atoms with Crippen LogP contribution in [0.2, 0.25) is 0 Å². The fraction of sp³-hybridized carbons (Fsp3) is 0.227. The highest BCUT2D eigenvalue weighted by Gasteiger charge is 2.05. The lowest BCUT2D eigenvalue weighted by molar-refractivity contribution is 0.301. The van der Waals surface area contributed by atoms with Gasteiger partial charge in [-0.2, -0.15) is 0 Å². The van der Waals surface area contributed by atoms with E-state index in [-0.39, 0.29) is 0 Å². The van der Waals surface area contributed by atoms with Crippen molar-refractivity contribution >= 4 is 0 Å². The summed E-state index contributed by atoms with van der Waals surface area (Å²) < 4.78 is 16.5. The Morgan fingerprint density at radius 3 is 2.56 bits per heavy atom. The number of ether oxygens (including phenoxy) is 3. The molecule has 0 atom stereocenters. The van der Waals surface area contributed by atoms with E-state index < -0.39 is 0 Å². The first-order valence-corrected chi connectivity index (χ1v) is 8.82. The van der Waals surface area contributed by atoms with E-state index in [0.717, 1.165) is 40.6 Å². The van der Waals surface area contributed by atoms with Crippen molar-refractivity contribution in [1.82, 2.24) is 10.3 Å². The normalized spacial score (nSPS) is 10.4. The summed E-state index contributed by atoms with van der Waals surface area (Å²) in [4.78, 5) is 4.27. The summed E-state index contributed by atoms with van der Waals surface area (Å²) in [5, 5.41) is 3.44. The number of rotatable bonds is 9. The fourth-order valence-electron chi connectivity index (χ4n) is 2.75. The molecule has 5 nitrogen and oxygen atoms in total. The van der Waals surface area contributed by atoms with E-state index in [1.54, 1.807) is 20.4 Å². The molecule has 140 valence electrons. The molecule has 0 aliphatic carbocycles. The van der Waals surface area contributed by atoms with Gasteiger partial charge >= 0.3 is 0 Å². The van der Waals surface area contributed by atoms with Crippen LogP contribution in [0.1, 0.15) is 16.8 Å². The van der Waals surface area contributed by atoms with Gasteiger partial charge in [-0.3, -0.25) is 4.98 Å². The largest absolute Gasteiger partial charge is 0.497 e. The van der Waals surface area contributed by atoms with Crippen molar-refractivity contribution < 1.29 is 14.2 Å². The number of hydrogen-bond acceptors (Lipinski definition) is 5. The predicted octanol–water partition coefficient (Wildman–Crippen LogP) is 3.97. The van der Waals surface area contributed by atoms with Crippen molar-refractivity contribution in [2.24, 2.45) is 0 Å². The van der Waals surface area contributed by atoms with Gasteiger partial charge in [-0.15, -0.1) is 0 Å².